The highest BCUT2D eigenvalue weighted by molar-refractivity contribution is 5.56. The summed E-state index contributed by atoms with van der Waals surface area (Å²) >= 11 is 0. The average molecular weight is 267 g/mol. The molecule has 0 aliphatic heterocycles. The van der Waals surface area contributed by atoms with Crippen molar-refractivity contribution in [2.24, 2.45) is 5.92 Å². The minimum Gasteiger partial charge on any atom is -0.389 e. The monoisotopic (exact) mass is 267 g/mol. The van der Waals surface area contributed by atoms with Crippen molar-refractivity contribution in [3.05, 3.63) is 29.1 Å². The third-order valence-corrected chi connectivity index (χ3v) is 3.71. The first-order valence-corrected chi connectivity index (χ1v) is 7.13. The highest BCUT2D eigenvalue weighted by Crippen LogP contribution is 2.30. The van der Waals surface area contributed by atoms with Gasteiger partial charge in [-0.2, -0.15) is 0 Å². The fourth-order valence-corrected chi connectivity index (χ4v) is 2.19. The Morgan fingerprint density at radius 1 is 1.26 bits per heavy atom. The summed E-state index contributed by atoms with van der Waals surface area (Å²) in [6.07, 6.45) is 0.455. The van der Waals surface area contributed by atoms with Crippen LogP contribution in [-0.2, 0) is 0 Å². The summed E-state index contributed by atoms with van der Waals surface area (Å²) in [4.78, 5) is 2.22. The minimum atomic E-state index is -0.656. The van der Waals surface area contributed by atoms with Crippen LogP contribution in [-0.4, -0.2) is 18.2 Å². The Morgan fingerprint density at radius 3 is 2.37 bits per heavy atom. The third-order valence-electron chi connectivity index (χ3n) is 3.71. The number of nitrogens with zero attached hydrogens (tertiary/aromatic N) is 1. The van der Waals surface area contributed by atoms with Gasteiger partial charge in [0.2, 0.25) is 0 Å². The van der Waals surface area contributed by atoms with Crippen molar-refractivity contribution < 1.29 is 9.50 Å². The fraction of sp³-hybridized carbons (Fsp3) is 0.625. The summed E-state index contributed by atoms with van der Waals surface area (Å²) < 4.78 is 13.7. The molecule has 2 atom stereocenters. The molecule has 2 nitrogen and oxygen atoms in total. The first-order valence-electron chi connectivity index (χ1n) is 7.13. The van der Waals surface area contributed by atoms with Crippen LogP contribution in [0.3, 0.4) is 0 Å². The van der Waals surface area contributed by atoms with Gasteiger partial charge in [-0.3, -0.25) is 0 Å². The van der Waals surface area contributed by atoms with Crippen molar-refractivity contribution in [2.45, 2.75) is 47.1 Å². The van der Waals surface area contributed by atoms with E-state index in [1.54, 1.807) is 13.8 Å². The molecule has 0 heterocycles. The molecule has 0 spiro atoms. The molecule has 0 saturated heterocycles. The predicted molar refractivity (Wildman–Crippen MR) is 79.1 cm³/mol. The van der Waals surface area contributed by atoms with Crippen LogP contribution in [0.4, 0.5) is 10.1 Å². The van der Waals surface area contributed by atoms with E-state index in [-0.39, 0.29) is 5.82 Å². The second-order valence-electron chi connectivity index (χ2n) is 5.39. The first kappa shape index (κ1) is 16.0. The fourth-order valence-electron chi connectivity index (χ4n) is 2.19. The number of aryl methyl sites for hydroxylation is 1. The largest absolute Gasteiger partial charge is 0.389 e. The molecule has 1 unspecified atom stereocenters. The summed E-state index contributed by atoms with van der Waals surface area (Å²) in [5.74, 6) is 0.325. The zero-order valence-electron chi connectivity index (χ0n) is 12.7. The van der Waals surface area contributed by atoms with E-state index >= 15 is 0 Å². The highest BCUT2D eigenvalue weighted by Gasteiger charge is 2.17. The van der Waals surface area contributed by atoms with Gasteiger partial charge in [0.1, 0.15) is 5.82 Å². The molecular formula is C16H26FNO. The van der Waals surface area contributed by atoms with Crippen LogP contribution in [0.25, 0.3) is 0 Å². The number of aliphatic hydroxyl groups excluding tert-OH is 1. The maximum absolute atomic E-state index is 13.7. The average Bonchev–Trinajstić information content (AvgIpc) is 2.38. The highest BCUT2D eigenvalue weighted by atomic mass is 19.1. The molecule has 0 aliphatic carbocycles. The summed E-state index contributed by atoms with van der Waals surface area (Å²) in [7, 11) is 0. The van der Waals surface area contributed by atoms with E-state index in [2.05, 4.69) is 25.7 Å². The van der Waals surface area contributed by atoms with Gasteiger partial charge in [0.15, 0.2) is 0 Å². The molecule has 1 N–H and O–H groups in total. The molecule has 1 rings (SSSR count). The van der Waals surface area contributed by atoms with Crippen molar-refractivity contribution in [3.8, 4) is 0 Å². The van der Waals surface area contributed by atoms with Gasteiger partial charge >= 0.3 is 0 Å². The summed E-state index contributed by atoms with van der Waals surface area (Å²) in [6, 6.07) is 3.32. The van der Waals surface area contributed by atoms with E-state index in [0.717, 1.165) is 25.2 Å². The number of hydrogen-bond donors (Lipinski definition) is 1. The van der Waals surface area contributed by atoms with Gasteiger partial charge in [0.25, 0.3) is 0 Å². The van der Waals surface area contributed by atoms with Gasteiger partial charge in [0.05, 0.1) is 6.10 Å². The van der Waals surface area contributed by atoms with Crippen molar-refractivity contribution in [1.82, 2.24) is 0 Å². The van der Waals surface area contributed by atoms with Gasteiger partial charge in [-0.05, 0) is 44.4 Å². The van der Waals surface area contributed by atoms with Crippen LogP contribution in [0.5, 0.6) is 0 Å². The Labute approximate surface area is 116 Å². The molecule has 19 heavy (non-hydrogen) atoms. The second kappa shape index (κ2) is 6.90. The topological polar surface area (TPSA) is 23.5 Å². The normalized spacial score (nSPS) is 14.3. The Bertz CT molecular complexity index is 417. The quantitative estimate of drug-likeness (QED) is 0.840. The van der Waals surface area contributed by atoms with Crippen LogP contribution in [0.1, 0.15) is 51.3 Å². The van der Waals surface area contributed by atoms with E-state index in [4.69, 9.17) is 0 Å². The molecule has 108 valence electrons. The van der Waals surface area contributed by atoms with Gasteiger partial charge in [0, 0.05) is 24.3 Å². The Kier molecular flexibility index (Phi) is 5.80. The zero-order valence-corrected chi connectivity index (χ0v) is 12.7. The molecule has 1 aromatic carbocycles. The maximum Gasteiger partial charge on any atom is 0.126 e. The lowest BCUT2D eigenvalue weighted by Gasteiger charge is -2.29. The Balaban J connectivity index is 3.17. The molecule has 0 bridgehead atoms. The van der Waals surface area contributed by atoms with Crippen molar-refractivity contribution in [2.75, 3.05) is 18.0 Å². The first-order chi connectivity index (χ1) is 8.90. The standard InChI is InChI=1S/C16H26FNO/c1-6-11(3)10-18(7-2)16-8-12(4)15(17)9-14(16)13(5)19/h8-9,11,13,19H,6-7,10H2,1-5H3/t11?,13-/m0/s1. The van der Waals surface area contributed by atoms with E-state index in [9.17, 15) is 9.50 Å². The number of aliphatic hydroxyl groups is 1. The van der Waals surface area contributed by atoms with Crippen molar-refractivity contribution in [1.29, 1.82) is 0 Å². The lowest BCUT2D eigenvalue weighted by atomic mass is 10.0. The van der Waals surface area contributed by atoms with E-state index in [0.29, 0.717) is 17.0 Å². The van der Waals surface area contributed by atoms with Crippen LogP contribution < -0.4 is 4.90 Å². The molecule has 3 heteroatoms. The molecule has 1 aromatic rings. The van der Waals surface area contributed by atoms with Crippen molar-refractivity contribution >= 4 is 5.69 Å². The van der Waals surface area contributed by atoms with Crippen molar-refractivity contribution in [3.63, 3.8) is 0 Å². The lowest BCUT2D eigenvalue weighted by Crippen LogP contribution is -2.29. The van der Waals surface area contributed by atoms with Gasteiger partial charge < -0.3 is 10.0 Å². The smallest absolute Gasteiger partial charge is 0.126 e. The summed E-state index contributed by atoms with van der Waals surface area (Å²) in [6.45, 7) is 11.7. The lowest BCUT2D eigenvalue weighted by molar-refractivity contribution is 0.199. The van der Waals surface area contributed by atoms with Crippen LogP contribution in [0.2, 0.25) is 0 Å². The summed E-state index contributed by atoms with van der Waals surface area (Å²) in [5.41, 5.74) is 2.26. The molecule has 0 radical (unpaired) electrons. The molecule has 0 saturated carbocycles. The number of anilines is 1. The Morgan fingerprint density at radius 2 is 1.89 bits per heavy atom. The van der Waals surface area contributed by atoms with E-state index in [1.165, 1.54) is 6.07 Å². The molecule has 0 amide bonds. The van der Waals surface area contributed by atoms with Gasteiger partial charge in [-0.1, -0.05) is 20.3 Å². The number of hydrogen-bond acceptors (Lipinski definition) is 2. The van der Waals surface area contributed by atoms with Gasteiger partial charge in [-0.25, -0.2) is 4.39 Å². The molecule has 0 aromatic heterocycles. The van der Waals surface area contributed by atoms with Gasteiger partial charge in [-0.15, -0.1) is 0 Å². The second-order valence-corrected chi connectivity index (χ2v) is 5.39. The number of halogens is 1. The summed E-state index contributed by atoms with van der Waals surface area (Å²) in [5, 5.41) is 9.86. The third kappa shape index (κ3) is 3.93. The van der Waals surface area contributed by atoms with Crippen LogP contribution in [0, 0.1) is 18.7 Å². The van der Waals surface area contributed by atoms with Crippen LogP contribution >= 0.6 is 0 Å². The molecule has 0 fully saturated rings. The Hall–Kier alpha value is -1.09. The minimum absolute atomic E-state index is 0.251. The number of benzene rings is 1. The SMILES string of the molecule is CCC(C)CN(CC)c1cc(C)c(F)cc1[C@H](C)O. The zero-order chi connectivity index (χ0) is 14.6. The maximum atomic E-state index is 13.7. The van der Waals surface area contributed by atoms with E-state index in [1.807, 2.05) is 6.07 Å². The number of rotatable bonds is 6. The van der Waals surface area contributed by atoms with E-state index < -0.39 is 6.10 Å². The van der Waals surface area contributed by atoms with Crippen LogP contribution in [0.15, 0.2) is 12.1 Å². The molecular weight excluding hydrogens is 241 g/mol. The predicted octanol–water partition coefficient (Wildman–Crippen LogP) is 4.06. The molecule has 0 aliphatic rings.